The van der Waals surface area contributed by atoms with Crippen molar-refractivity contribution in [3.05, 3.63) is 64.2 Å². The quantitative estimate of drug-likeness (QED) is 0.674. The Morgan fingerprint density at radius 1 is 0.939 bits per heavy atom. The van der Waals surface area contributed by atoms with E-state index in [4.69, 9.17) is 5.73 Å². The van der Waals surface area contributed by atoms with Crippen LogP contribution in [0, 0.1) is 0 Å². The Bertz CT molecular complexity index is 1170. The Balaban J connectivity index is 1.38. The van der Waals surface area contributed by atoms with Crippen LogP contribution in [0.1, 0.15) is 56.7 Å². The van der Waals surface area contributed by atoms with Crippen molar-refractivity contribution in [2.45, 2.75) is 44.7 Å². The molecule has 3 aliphatic rings. The number of carbonyl (C=O) groups excluding carboxylic acids is 4. The number of rotatable bonds is 5. The van der Waals surface area contributed by atoms with Crippen LogP contribution in [0.5, 0.6) is 0 Å². The van der Waals surface area contributed by atoms with E-state index in [1.54, 1.807) is 12.1 Å². The number of benzene rings is 2. The van der Waals surface area contributed by atoms with Crippen molar-refractivity contribution >= 4 is 29.3 Å². The number of piperidine rings is 1. The van der Waals surface area contributed by atoms with Crippen molar-refractivity contribution in [2.24, 2.45) is 5.73 Å². The third kappa shape index (κ3) is 3.80. The maximum Gasteiger partial charge on any atom is 0.262 e. The molecule has 8 heteroatoms. The summed E-state index contributed by atoms with van der Waals surface area (Å²) in [5.74, 6) is -1.93. The summed E-state index contributed by atoms with van der Waals surface area (Å²) in [5.41, 5.74) is 11.0. The third-order valence-corrected chi connectivity index (χ3v) is 6.67. The topological polar surface area (TPSA) is 113 Å². The summed E-state index contributed by atoms with van der Waals surface area (Å²) >= 11 is 0. The molecule has 0 bridgehead atoms. The average molecular weight is 447 g/mol. The maximum absolute atomic E-state index is 13.1. The lowest BCUT2D eigenvalue weighted by Crippen LogP contribution is -2.54. The van der Waals surface area contributed by atoms with Crippen LogP contribution >= 0.6 is 0 Å². The molecule has 0 aliphatic carbocycles. The third-order valence-electron chi connectivity index (χ3n) is 6.67. The molecule has 1 atom stereocenters. The van der Waals surface area contributed by atoms with E-state index in [9.17, 15) is 19.2 Å². The van der Waals surface area contributed by atoms with E-state index >= 15 is 0 Å². The molecule has 0 spiro atoms. The summed E-state index contributed by atoms with van der Waals surface area (Å²) in [4.78, 5) is 53.0. The molecule has 5 rings (SSSR count). The summed E-state index contributed by atoms with van der Waals surface area (Å²) in [6, 6.07) is 10.9. The molecule has 3 heterocycles. The van der Waals surface area contributed by atoms with Gasteiger partial charge >= 0.3 is 0 Å². The van der Waals surface area contributed by atoms with E-state index in [-0.39, 0.29) is 18.7 Å². The van der Waals surface area contributed by atoms with Gasteiger partial charge in [-0.25, -0.2) is 0 Å². The van der Waals surface area contributed by atoms with Crippen LogP contribution in [-0.2, 0) is 29.0 Å². The van der Waals surface area contributed by atoms with Crippen LogP contribution in [0.3, 0.4) is 0 Å². The zero-order valence-electron chi connectivity index (χ0n) is 18.3. The van der Waals surface area contributed by atoms with Crippen LogP contribution in [0.15, 0.2) is 36.4 Å². The van der Waals surface area contributed by atoms with Crippen LogP contribution in [-0.4, -0.2) is 47.7 Å². The van der Waals surface area contributed by atoms with E-state index in [0.29, 0.717) is 24.2 Å². The molecule has 1 unspecified atom stereocenters. The molecule has 3 aliphatic heterocycles. The first-order valence-corrected chi connectivity index (χ1v) is 11.4. The second kappa shape index (κ2) is 8.44. The number of carbonyl (C=O) groups is 4. The summed E-state index contributed by atoms with van der Waals surface area (Å²) in [7, 11) is 0. The van der Waals surface area contributed by atoms with Gasteiger partial charge in [-0.05, 0) is 67.1 Å². The minimum absolute atomic E-state index is 0.108. The van der Waals surface area contributed by atoms with Gasteiger partial charge in [0.1, 0.15) is 6.04 Å². The van der Waals surface area contributed by atoms with E-state index in [2.05, 4.69) is 28.4 Å². The number of hydrogen-bond donors (Lipinski definition) is 2. The number of imide groups is 2. The zero-order chi connectivity index (χ0) is 23.1. The molecule has 4 amide bonds. The van der Waals surface area contributed by atoms with Crippen molar-refractivity contribution in [3.63, 3.8) is 0 Å². The van der Waals surface area contributed by atoms with E-state index in [1.165, 1.54) is 16.8 Å². The Kier molecular flexibility index (Phi) is 5.46. The van der Waals surface area contributed by atoms with Gasteiger partial charge in [0.25, 0.3) is 11.8 Å². The van der Waals surface area contributed by atoms with Crippen LogP contribution in [0.4, 0.5) is 5.69 Å². The van der Waals surface area contributed by atoms with Gasteiger partial charge in [-0.1, -0.05) is 18.2 Å². The summed E-state index contributed by atoms with van der Waals surface area (Å²) in [6.45, 7) is 2.16. The molecule has 3 N–H and O–H groups in total. The fraction of sp³-hybridized carbons (Fsp3) is 0.360. The Labute approximate surface area is 191 Å². The summed E-state index contributed by atoms with van der Waals surface area (Å²) in [5, 5.41) is 2.22. The minimum Gasteiger partial charge on any atom is -0.367 e. The summed E-state index contributed by atoms with van der Waals surface area (Å²) < 4.78 is 0. The van der Waals surface area contributed by atoms with E-state index < -0.39 is 23.8 Å². The molecular formula is C25H26N4O4. The number of nitrogens with one attached hydrogen (secondary N) is 1. The SMILES string of the molecule is NCCc1ccc2c(c1)CCCN2Cc1ccc2c(c1)C(=O)N(C1CCC(=O)NC1=O)C2=O. The van der Waals surface area contributed by atoms with Crippen molar-refractivity contribution in [2.75, 3.05) is 18.0 Å². The highest BCUT2D eigenvalue weighted by Gasteiger charge is 2.44. The molecule has 1 fully saturated rings. The highest BCUT2D eigenvalue weighted by molar-refractivity contribution is 6.23. The van der Waals surface area contributed by atoms with Crippen LogP contribution in [0.2, 0.25) is 0 Å². The van der Waals surface area contributed by atoms with Crippen LogP contribution < -0.4 is 16.0 Å². The van der Waals surface area contributed by atoms with Gasteiger partial charge in [-0.2, -0.15) is 0 Å². The van der Waals surface area contributed by atoms with Gasteiger partial charge in [-0.3, -0.25) is 29.4 Å². The second-order valence-corrected chi connectivity index (χ2v) is 8.85. The Morgan fingerprint density at radius 2 is 1.73 bits per heavy atom. The molecule has 170 valence electrons. The fourth-order valence-electron chi connectivity index (χ4n) is 5.05. The predicted octanol–water partition coefficient (Wildman–Crippen LogP) is 1.54. The molecule has 0 aromatic heterocycles. The molecule has 0 saturated carbocycles. The number of nitrogens with zero attached hydrogens (tertiary/aromatic N) is 2. The van der Waals surface area contributed by atoms with Gasteiger partial charge in [0.2, 0.25) is 11.8 Å². The smallest absolute Gasteiger partial charge is 0.262 e. The number of anilines is 1. The first kappa shape index (κ1) is 21.3. The molecule has 2 aromatic rings. The maximum atomic E-state index is 13.1. The lowest BCUT2D eigenvalue weighted by molar-refractivity contribution is -0.136. The lowest BCUT2D eigenvalue weighted by atomic mass is 9.97. The lowest BCUT2D eigenvalue weighted by Gasteiger charge is -2.32. The number of fused-ring (bicyclic) bond motifs is 2. The first-order valence-electron chi connectivity index (χ1n) is 11.4. The van der Waals surface area contributed by atoms with Gasteiger partial charge in [0.05, 0.1) is 11.1 Å². The Hall–Kier alpha value is -3.52. The van der Waals surface area contributed by atoms with Crippen molar-refractivity contribution in [3.8, 4) is 0 Å². The standard InChI is InChI=1S/C25H26N4O4/c26-10-9-15-4-6-20-17(12-15)2-1-11-28(20)14-16-3-5-18-19(13-16)25(33)29(24(18)32)21-7-8-22(30)27-23(21)31/h3-6,12-13,21H,1-2,7-11,14,26H2,(H,27,30,31). The fourth-order valence-corrected chi connectivity index (χ4v) is 5.05. The summed E-state index contributed by atoms with van der Waals surface area (Å²) in [6.07, 6.45) is 3.20. The van der Waals surface area contributed by atoms with Crippen molar-refractivity contribution < 1.29 is 19.2 Å². The first-order chi connectivity index (χ1) is 16.0. The van der Waals surface area contributed by atoms with Gasteiger partial charge in [0, 0.05) is 25.2 Å². The highest BCUT2D eigenvalue weighted by Crippen LogP contribution is 2.32. The highest BCUT2D eigenvalue weighted by atomic mass is 16.2. The monoisotopic (exact) mass is 446 g/mol. The van der Waals surface area contributed by atoms with E-state index in [1.807, 2.05) is 6.07 Å². The second-order valence-electron chi connectivity index (χ2n) is 8.85. The molecule has 1 saturated heterocycles. The van der Waals surface area contributed by atoms with Gasteiger partial charge in [0.15, 0.2) is 0 Å². The predicted molar refractivity (Wildman–Crippen MR) is 122 cm³/mol. The van der Waals surface area contributed by atoms with Crippen LogP contribution in [0.25, 0.3) is 0 Å². The van der Waals surface area contributed by atoms with Crippen molar-refractivity contribution in [1.82, 2.24) is 10.2 Å². The van der Waals surface area contributed by atoms with E-state index in [0.717, 1.165) is 36.3 Å². The van der Waals surface area contributed by atoms with Crippen molar-refractivity contribution in [1.29, 1.82) is 0 Å². The van der Waals surface area contributed by atoms with Gasteiger partial charge in [-0.15, -0.1) is 0 Å². The number of aryl methyl sites for hydroxylation is 1. The van der Waals surface area contributed by atoms with Gasteiger partial charge < -0.3 is 10.6 Å². The zero-order valence-corrected chi connectivity index (χ0v) is 18.3. The largest absolute Gasteiger partial charge is 0.367 e. The number of amides is 4. The number of nitrogens with two attached hydrogens (primary N) is 1. The molecule has 0 radical (unpaired) electrons. The Morgan fingerprint density at radius 3 is 2.52 bits per heavy atom. The minimum atomic E-state index is -0.949. The average Bonchev–Trinajstić information content (AvgIpc) is 3.04. The molecule has 8 nitrogen and oxygen atoms in total. The molecule has 33 heavy (non-hydrogen) atoms. The number of hydrogen-bond acceptors (Lipinski definition) is 6. The molecule has 2 aromatic carbocycles. The molecular weight excluding hydrogens is 420 g/mol. The normalized spacial score (nSPS) is 20.1.